The van der Waals surface area contributed by atoms with Crippen molar-refractivity contribution in [1.82, 2.24) is 5.32 Å². The number of nitrogens with one attached hydrogen (secondary N) is 1. The maximum atomic E-state index is 12.3. The second-order valence-electron chi connectivity index (χ2n) is 4.91. The third-order valence-corrected chi connectivity index (χ3v) is 3.62. The molecule has 0 spiro atoms. The van der Waals surface area contributed by atoms with Crippen LogP contribution in [0.3, 0.4) is 0 Å². The minimum absolute atomic E-state index is 0.0163. The van der Waals surface area contributed by atoms with Crippen LogP contribution in [-0.4, -0.2) is 32.6 Å². The van der Waals surface area contributed by atoms with Crippen LogP contribution in [0.25, 0.3) is 0 Å². The summed E-state index contributed by atoms with van der Waals surface area (Å²) in [6, 6.07) is 4.82. The summed E-state index contributed by atoms with van der Waals surface area (Å²) in [5, 5.41) is 3.19. The second kappa shape index (κ2) is 6.72. The molecule has 0 aliphatic carbocycles. The van der Waals surface area contributed by atoms with Gasteiger partial charge in [-0.2, -0.15) is 0 Å². The van der Waals surface area contributed by atoms with Crippen LogP contribution in [0.1, 0.15) is 24.9 Å². The molecule has 1 aromatic carbocycles. The molecule has 3 N–H and O–H groups in total. The van der Waals surface area contributed by atoms with E-state index in [0.29, 0.717) is 18.1 Å². The van der Waals surface area contributed by atoms with Crippen LogP contribution < -0.4 is 20.5 Å². The number of rotatable bonds is 6. The molecule has 20 heavy (non-hydrogen) atoms. The zero-order chi connectivity index (χ0) is 14.5. The summed E-state index contributed by atoms with van der Waals surface area (Å²) in [7, 11) is 1.58. The number of hydrogen-bond donors (Lipinski definition) is 2. The lowest BCUT2D eigenvalue weighted by molar-refractivity contribution is -0.123. The molecule has 5 nitrogen and oxygen atoms in total. The quantitative estimate of drug-likeness (QED) is 0.820. The van der Waals surface area contributed by atoms with E-state index in [1.54, 1.807) is 19.2 Å². The normalized spacial score (nSPS) is 19.6. The predicted octanol–water partition coefficient (Wildman–Crippen LogP) is 1.27. The van der Waals surface area contributed by atoms with Gasteiger partial charge in [0.25, 0.3) is 0 Å². The topological polar surface area (TPSA) is 73.6 Å². The summed E-state index contributed by atoms with van der Waals surface area (Å²) < 4.78 is 10.8. The Morgan fingerprint density at radius 2 is 2.30 bits per heavy atom. The van der Waals surface area contributed by atoms with Gasteiger partial charge in [-0.05, 0) is 37.6 Å². The van der Waals surface area contributed by atoms with Crippen molar-refractivity contribution in [2.45, 2.75) is 19.4 Å². The average Bonchev–Trinajstić information content (AvgIpc) is 3.00. The van der Waals surface area contributed by atoms with Crippen LogP contribution >= 0.6 is 0 Å². The number of carbonyl (C=O) groups excluding carboxylic acids is 1. The lowest BCUT2D eigenvalue weighted by Crippen LogP contribution is -2.29. The highest BCUT2D eigenvalue weighted by molar-refractivity contribution is 5.87. The molecule has 5 heteroatoms. The van der Waals surface area contributed by atoms with Crippen molar-refractivity contribution >= 4 is 5.78 Å². The number of benzene rings is 1. The summed E-state index contributed by atoms with van der Waals surface area (Å²) >= 11 is 0. The van der Waals surface area contributed by atoms with E-state index >= 15 is 0 Å². The molecule has 1 aromatic rings. The van der Waals surface area contributed by atoms with Crippen molar-refractivity contribution in [3.8, 4) is 11.5 Å². The molecule has 0 bridgehead atoms. The predicted molar refractivity (Wildman–Crippen MR) is 77.1 cm³/mol. The van der Waals surface area contributed by atoms with Gasteiger partial charge in [-0.1, -0.05) is 6.07 Å². The highest BCUT2D eigenvalue weighted by atomic mass is 16.5. The SMILES string of the molecule is CCOc1ccc(C(N)C(=O)C2CCNC2)cc1OC. The van der Waals surface area contributed by atoms with E-state index in [1.165, 1.54) is 0 Å². The Labute approximate surface area is 119 Å². The molecule has 1 aliphatic rings. The van der Waals surface area contributed by atoms with E-state index < -0.39 is 6.04 Å². The van der Waals surface area contributed by atoms with E-state index in [0.717, 1.165) is 25.1 Å². The number of nitrogens with two attached hydrogens (primary N) is 1. The van der Waals surface area contributed by atoms with Crippen molar-refractivity contribution in [2.75, 3.05) is 26.8 Å². The molecule has 1 aliphatic heterocycles. The number of ether oxygens (including phenoxy) is 2. The summed E-state index contributed by atoms with van der Waals surface area (Å²) in [6.07, 6.45) is 0.862. The van der Waals surface area contributed by atoms with Crippen molar-refractivity contribution in [1.29, 1.82) is 0 Å². The van der Waals surface area contributed by atoms with Gasteiger partial charge in [-0.15, -0.1) is 0 Å². The van der Waals surface area contributed by atoms with Crippen molar-refractivity contribution in [2.24, 2.45) is 11.7 Å². The van der Waals surface area contributed by atoms with Crippen molar-refractivity contribution in [3.05, 3.63) is 23.8 Å². The van der Waals surface area contributed by atoms with Gasteiger partial charge in [0.05, 0.1) is 19.8 Å². The van der Waals surface area contributed by atoms with E-state index in [1.807, 2.05) is 13.0 Å². The van der Waals surface area contributed by atoms with Gasteiger partial charge in [0.1, 0.15) is 0 Å². The van der Waals surface area contributed by atoms with E-state index in [2.05, 4.69) is 5.32 Å². The van der Waals surface area contributed by atoms with Crippen molar-refractivity contribution in [3.63, 3.8) is 0 Å². The minimum atomic E-state index is -0.607. The van der Waals surface area contributed by atoms with E-state index in [4.69, 9.17) is 15.2 Å². The lowest BCUT2D eigenvalue weighted by Gasteiger charge is -2.17. The van der Waals surface area contributed by atoms with E-state index in [-0.39, 0.29) is 11.7 Å². The first kappa shape index (κ1) is 14.8. The average molecular weight is 278 g/mol. The third-order valence-electron chi connectivity index (χ3n) is 3.62. The molecule has 1 fully saturated rings. The monoisotopic (exact) mass is 278 g/mol. The summed E-state index contributed by atoms with van der Waals surface area (Å²) in [5.74, 6) is 1.38. The number of ketones is 1. The fourth-order valence-corrected chi connectivity index (χ4v) is 2.47. The van der Waals surface area contributed by atoms with Gasteiger partial charge in [0.15, 0.2) is 17.3 Å². The fourth-order valence-electron chi connectivity index (χ4n) is 2.47. The smallest absolute Gasteiger partial charge is 0.161 e. The summed E-state index contributed by atoms with van der Waals surface area (Å²) in [4.78, 5) is 12.3. The Hall–Kier alpha value is -1.59. The molecular weight excluding hydrogens is 256 g/mol. The van der Waals surface area contributed by atoms with Gasteiger partial charge in [-0.3, -0.25) is 4.79 Å². The zero-order valence-electron chi connectivity index (χ0n) is 12.0. The largest absolute Gasteiger partial charge is 0.493 e. The molecule has 2 atom stereocenters. The minimum Gasteiger partial charge on any atom is -0.493 e. The molecule has 110 valence electrons. The van der Waals surface area contributed by atoms with Crippen LogP contribution in [0, 0.1) is 5.92 Å². The summed E-state index contributed by atoms with van der Waals surface area (Å²) in [6.45, 7) is 4.08. The third kappa shape index (κ3) is 3.11. The van der Waals surface area contributed by atoms with Gasteiger partial charge in [-0.25, -0.2) is 0 Å². The summed E-state index contributed by atoms with van der Waals surface area (Å²) in [5.41, 5.74) is 6.86. The first-order chi connectivity index (χ1) is 9.67. The van der Waals surface area contributed by atoms with Gasteiger partial charge in [0.2, 0.25) is 0 Å². The Kier molecular flexibility index (Phi) is 4.98. The fraction of sp³-hybridized carbons (Fsp3) is 0.533. The lowest BCUT2D eigenvalue weighted by atomic mass is 9.93. The molecule has 0 amide bonds. The maximum Gasteiger partial charge on any atom is 0.161 e. The van der Waals surface area contributed by atoms with E-state index in [9.17, 15) is 4.79 Å². The van der Waals surface area contributed by atoms with Crippen LogP contribution in [-0.2, 0) is 4.79 Å². The van der Waals surface area contributed by atoms with Gasteiger partial charge in [0, 0.05) is 12.5 Å². The number of Topliss-reactive ketones (excluding diaryl/α,β-unsaturated/α-hetero) is 1. The molecule has 0 aromatic heterocycles. The number of carbonyl (C=O) groups is 1. The zero-order valence-corrected chi connectivity index (χ0v) is 12.0. The molecular formula is C15H22N2O3. The Morgan fingerprint density at radius 1 is 1.50 bits per heavy atom. The molecule has 0 radical (unpaired) electrons. The molecule has 2 unspecified atom stereocenters. The first-order valence-electron chi connectivity index (χ1n) is 6.98. The van der Waals surface area contributed by atoms with Crippen LogP contribution in [0.4, 0.5) is 0 Å². The molecule has 1 heterocycles. The van der Waals surface area contributed by atoms with Crippen LogP contribution in [0.15, 0.2) is 18.2 Å². The first-order valence-corrected chi connectivity index (χ1v) is 6.98. The highest BCUT2D eigenvalue weighted by Crippen LogP contribution is 2.31. The maximum absolute atomic E-state index is 12.3. The molecule has 0 saturated carbocycles. The standard InChI is InChI=1S/C15H22N2O3/c1-3-20-12-5-4-10(8-13(12)19-2)14(16)15(18)11-6-7-17-9-11/h4-5,8,11,14,17H,3,6-7,9,16H2,1-2H3. The van der Waals surface area contributed by atoms with Crippen LogP contribution in [0.5, 0.6) is 11.5 Å². The highest BCUT2D eigenvalue weighted by Gasteiger charge is 2.28. The molecule has 1 saturated heterocycles. The molecule has 2 rings (SSSR count). The Morgan fingerprint density at radius 3 is 2.90 bits per heavy atom. The van der Waals surface area contributed by atoms with Gasteiger partial charge < -0.3 is 20.5 Å². The van der Waals surface area contributed by atoms with Crippen molar-refractivity contribution < 1.29 is 14.3 Å². The van der Waals surface area contributed by atoms with Gasteiger partial charge >= 0.3 is 0 Å². The number of hydrogen-bond acceptors (Lipinski definition) is 5. The number of methoxy groups -OCH3 is 1. The van der Waals surface area contributed by atoms with Crippen LogP contribution in [0.2, 0.25) is 0 Å². The second-order valence-corrected chi connectivity index (χ2v) is 4.91. The Bertz CT molecular complexity index is 470. The Balaban J connectivity index is 2.16.